The van der Waals surface area contributed by atoms with Crippen molar-refractivity contribution in [3.05, 3.63) is 104 Å². The summed E-state index contributed by atoms with van der Waals surface area (Å²) in [7, 11) is 0. The minimum absolute atomic E-state index is 0. The van der Waals surface area contributed by atoms with Crippen LogP contribution < -0.4 is 10.2 Å². The molecule has 4 rings (SSSR count). The van der Waals surface area contributed by atoms with Crippen LogP contribution in [-0.4, -0.2) is 43.8 Å². The molecule has 0 fully saturated rings. The van der Waals surface area contributed by atoms with Crippen LogP contribution in [0, 0.1) is 13.8 Å². The summed E-state index contributed by atoms with van der Waals surface area (Å²) in [5.41, 5.74) is 12.3. The number of unbranched alkanes of at least 4 members (excludes halogenated alkanes) is 7. The van der Waals surface area contributed by atoms with Gasteiger partial charge < -0.3 is 30.6 Å². The molecule has 0 amide bonds. The number of hydrogen-bond acceptors (Lipinski definition) is 8. The van der Waals surface area contributed by atoms with Gasteiger partial charge in [0.2, 0.25) is 0 Å². The van der Waals surface area contributed by atoms with E-state index in [1.54, 1.807) is 13.8 Å². The van der Waals surface area contributed by atoms with E-state index in [2.05, 4.69) is 77.9 Å². The van der Waals surface area contributed by atoms with Gasteiger partial charge in [-0.25, -0.2) is 9.59 Å². The molecule has 0 aromatic heterocycles. The fourth-order valence-corrected chi connectivity index (χ4v) is 9.00. The van der Waals surface area contributed by atoms with E-state index in [0.29, 0.717) is 35.1 Å². The van der Waals surface area contributed by atoms with Gasteiger partial charge in [0.1, 0.15) is 11.5 Å². The van der Waals surface area contributed by atoms with Crippen molar-refractivity contribution in [3.8, 4) is 23.0 Å². The summed E-state index contributed by atoms with van der Waals surface area (Å²) in [4.78, 5) is 32.4. The molecule has 0 aliphatic carbocycles. The van der Waals surface area contributed by atoms with Gasteiger partial charge in [-0.2, -0.15) is 0 Å². The van der Waals surface area contributed by atoms with E-state index in [-0.39, 0.29) is 27.6 Å². The third kappa shape index (κ3) is 21.1. The Morgan fingerprint density at radius 2 is 0.750 bits per heavy atom. The van der Waals surface area contributed by atoms with Crippen LogP contribution in [0.15, 0.2) is 58.5 Å². The van der Waals surface area contributed by atoms with E-state index in [1.807, 2.05) is 13.8 Å². The van der Waals surface area contributed by atoms with E-state index in [4.69, 9.17) is 20.2 Å². The van der Waals surface area contributed by atoms with Gasteiger partial charge in [-0.3, -0.25) is 9.98 Å². The molecule has 0 radical (unpaired) electrons. The zero-order valence-electron chi connectivity index (χ0n) is 45.5. The number of aromatic carboxylic acids is 2. The molecule has 10 nitrogen and oxygen atoms in total. The Bertz CT molecular complexity index is 2260. The fraction of sp³-hybridized carbons (Fsp3) is 0.541. The summed E-state index contributed by atoms with van der Waals surface area (Å²) in [5.74, 6) is -5.15. The van der Waals surface area contributed by atoms with Crippen LogP contribution in [0.4, 0.5) is 11.4 Å². The maximum atomic E-state index is 11.4. The molecule has 0 saturated heterocycles. The Hall–Kier alpha value is -5.15. The number of aliphatic imine (C=N–C) groups is 2. The molecule has 400 valence electrons. The summed E-state index contributed by atoms with van der Waals surface area (Å²) in [6, 6.07) is 16.6. The number of phenols is 2. The molecule has 4 N–H and O–H groups in total. The first-order chi connectivity index (χ1) is 34.1. The van der Waals surface area contributed by atoms with E-state index >= 15 is 0 Å². The van der Waals surface area contributed by atoms with Crippen molar-refractivity contribution in [2.45, 2.75) is 217 Å². The number of carbonyl (C=O) groups is 2. The van der Waals surface area contributed by atoms with Crippen molar-refractivity contribution in [2.24, 2.45) is 9.98 Å². The van der Waals surface area contributed by atoms with Gasteiger partial charge in [0.05, 0.1) is 33.9 Å². The topological polar surface area (TPSA) is 186 Å². The molecule has 0 aliphatic rings. The Balaban J connectivity index is 0.000000677. The third-order valence-corrected chi connectivity index (χ3v) is 12.8. The summed E-state index contributed by atoms with van der Waals surface area (Å²) < 4.78 is 0. The van der Waals surface area contributed by atoms with E-state index in [1.165, 1.54) is 123 Å². The van der Waals surface area contributed by atoms with Gasteiger partial charge in [-0.15, -0.1) is 0 Å². The number of carboxylic acids is 2. The Kier molecular flexibility index (Phi) is 32.3. The number of benzene rings is 4. The summed E-state index contributed by atoms with van der Waals surface area (Å²) in [6.07, 6.45) is 25.8. The van der Waals surface area contributed by atoms with Gasteiger partial charge >= 0.3 is 28.4 Å². The fourth-order valence-electron chi connectivity index (χ4n) is 9.00. The molecule has 4 aromatic rings. The minimum Gasteiger partial charge on any atom is -0.869 e. The second-order valence-electron chi connectivity index (χ2n) is 18.9. The maximum absolute atomic E-state index is 11.4. The molecule has 72 heavy (non-hydrogen) atoms. The van der Waals surface area contributed by atoms with Gasteiger partial charge in [0.25, 0.3) is 0 Å². The van der Waals surface area contributed by atoms with E-state index in [0.717, 1.165) is 69.2 Å². The van der Waals surface area contributed by atoms with Crippen molar-refractivity contribution in [2.75, 3.05) is 0 Å². The van der Waals surface area contributed by atoms with Crippen LogP contribution in [0.3, 0.4) is 0 Å². The minimum atomic E-state index is -1.29. The molecule has 0 unspecified atom stereocenters. The molecular formula is C61H88N2NiO8. The molecule has 0 aliphatic heterocycles. The second kappa shape index (κ2) is 35.9. The second-order valence-corrected chi connectivity index (χ2v) is 18.9. The molecule has 11 heteroatoms. The number of phenolic OH excluding ortho intramolecular Hbond substituents is 2. The van der Waals surface area contributed by atoms with Gasteiger partial charge in [0.15, 0.2) is 0 Å². The van der Waals surface area contributed by atoms with Crippen molar-refractivity contribution >= 4 is 34.7 Å². The predicted octanol–water partition coefficient (Wildman–Crippen LogP) is 15.5. The van der Waals surface area contributed by atoms with Crippen molar-refractivity contribution in [3.63, 3.8) is 0 Å². The Morgan fingerprint density at radius 3 is 1.10 bits per heavy atom. The van der Waals surface area contributed by atoms with Crippen LogP contribution >= 0.6 is 0 Å². The molecule has 0 heterocycles. The first-order valence-electron chi connectivity index (χ1n) is 27.0. The zero-order valence-corrected chi connectivity index (χ0v) is 46.5. The Labute approximate surface area is 443 Å². The monoisotopic (exact) mass is 1030 g/mol. The van der Waals surface area contributed by atoms with Gasteiger partial charge in [-0.1, -0.05) is 162 Å². The van der Waals surface area contributed by atoms with Crippen molar-refractivity contribution < 1.29 is 56.7 Å². The molecule has 0 spiro atoms. The maximum Gasteiger partial charge on any atom is 2.00 e. The molecular weight excluding hydrogens is 947 g/mol. The molecule has 4 aromatic carbocycles. The van der Waals surface area contributed by atoms with Crippen LogP contribution in [0.2, 0.25) is 0 Å². The third-order valence-electron chi connectivity index (χ3n) is 12.8. The quantitative estimate of drug-likeness (QED) is 0.0246. The average molecular weight is 1040 g/mol. The number of carboxylic acid groups (broad SMARTS) is 2. The van der Waals surface area contributed by atoms with Gasteiger partial charge in [-0.05, 0) is 159 Å². The number of hydrogen-bond donors (Lipinski definition) is 4. The first-order valence-corrected chi connectivity index (χ1v) is 27.0. The summed E-state index contributed by atoms with van der Waals surface area (Å²) in [6.45, 7) is 20.8. The average Bonchev–Trinajstić information content (AvgIpc) is 3.33. The number of nitrogens with zero attached hydrogens (tertiary/aromatic N) is 2. The van der Waals surface area contributed by atoms with Crippen LogP contribution in [0.25, 0.3) is 0 Å². The first kappa shape index (κ1) is 64.9. The number of aryl methyl sites for hydroxylation is 6. The molecule has 0 saturated carbocycles. The Morgan fingerprint density at radius 1 is 0.431 bits per heavy atom. The standard InChI is InChI=1S/C39H62N2.2C11H14O4.Ni/c1-7-13-15-16-17-18-19-25-39(41-37-29-27-33(21-10-4)35(31-37)23-12-6)38(24-14-8-2)40-36-28-26-32(20-9-3)34(30-36)22-11-5;2*1-3-4-7-5-8(12)10(13)9(6(7)2)11(14)15;/h26-31H,7-25H2,1-6H3;2*5,12-13H,3-4H2,1-2H3,(H,14,15);/q;;;+2/p-2. The smallest absolute Gasteiger partial charge is 0.869 e. The van der Waals surface area contributed by atoms with Crippen LogP contribution in [-0.2, 0) is 55.0 Å². The predicted molar refractivity (Wildman–Crippen MR) is 292 cm³/mol. The van der Waals surface area contributed by atoms with Crippen molar-refractivity contribution in [1.29, 1.82) is 0 Å². The normalized spacial score (nSPS) is 11.3. The number of rotatable bonds is 28. The molecule has 0 bridgehead atoms. The summed E-state index contributed by atoms with van der Waals surface area (Å²) >= 11 is 0. The zero-order chi connectivity index (χ0) is 52.9. The van der Waals surface area contributed by atoms with Gasteiger partial charge in [0, 0.05) is 0 Å². The van der Waals surface area contributed by atoms with Crippen molar-refractivity contribution in [1.82, 2.24) is 0 Å². The SMILES string of the molecule is CCCCCCCCCC(=Nc1ccc(CCC)c(CCC)c1)C(CCCC)=Nc1ccc(CCC)c(CCC)c1.CCCc1cc(O)c([O-])c(C(=O)O)c1C.CCCc1cc(O)c([O-])c(C(=O)O)c1C.[Ni+2]. The molecule has 0 atom stereocenters. The summed E-state index contributed by atoms with van der Waals surface area (Å²) in [5, 5.41) is 59.0. The van der Waals surface area contributed by atoms with Crippen LogP contribution in [0.5, 0.6) is 23.0 Å². The van der Waals surface area contributed by atoms with E-state index in [9.17, 15) is 30.0 Å². The van der Waals surface area contributed by atoms with Crippen LogP contribution in [0.1, 0.15) is 230 Å². The number of aromatic hydroxyl groups is 2. The largest absolute Gasteiger partial charge is 2.00 e. The van der Waals surface area contributed by atoms with E-state index < -0.39 is 34.9 Å².